The van der Waals surface area contributed by atoms with Gasteiger partial charge in [-0.1, -0.05) is 4.40 Å². The average molecular weight is 374 g/mol. The molecule has 0 saturated heterocycles. The lowest BCUT2D eigenvalue weighted by atomic mass is 10.2. The fourth-order valence-corrected chi connectivity index (χ4v) is 2.71. The van der Waals surface area contributed by atoms with Gasteiger partial charge in [0.15, 0.2) is 5.65 Å². The van der Waals surface area contributed by atoms with Crippen LogP contribution in [0.25, 0.3) is 5.65 Å². The van der Waals surface area contributed by atoms with Gasteiger partial charge in [-0.3, -0.25) is 0 Å². The Bertz CT molecular complexity index is 679. The van der Waals surface area contributed by atoms with Crippen molar-refractivity contribution in [1.82, 2.24) is 9.38 Å². The van der Waals surface area contributed by atoms with Crippen molar-refractivity contribution in [3.05, 3.63) is 34.2 Å². The first kappa shape index (κ1) is 16.5. The van der Waals surface area contributed by atoms with E-state index in [-0.39, 0.29) is 0 Å². The molecule has 2 rings (SSSR count). The van der Waals surface area contributed by atoms with Gasteiger partial charge in [0.05, 0.1) is 4.47 Å². The van der Waals surface area contributed by atoms with Crippen LogP contribution in [0.1, 0.15) is 45.1 Å². The molecule has 114 valence electrons. The van der Waals surface area contributed by atoms with Crippen LogP contribution in [0.5, 0.6) is 0 Å². The molecule has 4 nitrogen and oxygen atoms in total. The zero-order valence-electron chi connectivity index (χ0n) is 12.3. The molecular weight excluding hydrogens is 357 g/mol. The molecule has 2 heterocycles. The second-order valence-corrected chi connectivity index (χ2v) is 8.52. The Morgan fingerprint density at radius 1 is 1.48 bits per heavy atom. The number of nitrogens with zero attached hydrogens (tertiary/aromatic N) is 3. The SMILES string of the molecule is CC(F)c1cc(Br)c2nc(/C=N/[S@+]([O-])C(C)(C)C)cn2c1. The monoisotopic (exact) mass is 373 g/mol. The predicted molar refractivity (Wildman–Crippen MR) is 87.9 cm³/mol. The first-order chi connectivity index (χ1) is 9.68. The van der Waals surface area contributed by atoms with Crippen LogP contribution >= 0.6 is 15.9 Å². The van der Waals surface area contributed by atoms with E-state index in [2.05, 4.69) is 25.3 Å². The van der Waals surface area contributed by atoms with Crippen molar-refractivity contribution in [1.29, 1.82) is 0 Å². The van der Waals surface area contributed by atoms with Gasteiger partial charge in [-0.05, 0) is 49.7 Å². The Morgan fingerprint density at radius 2 is 2.14 bits per heavy atom. The molecule has 0 N–H and O–H groups in total. The lowest BCUT2D eigenvalue weighted by Gasteiger charge is -2.17. The third-order valence-corrected chi connectivity index (χ3v) is 4.74. The summed E-state index contributed by atoms with van der Waals surface area (Å²) in [5.74, 6) is 0. The smallest absolute Gasteiger partial charge is 0.151 e. The Hall–Kier alpha value is -0.920. The van der Waals surface area contributed by atoms with Gasteiger partial charge < -0.3 is 8.95 Å². The fraction of sp³-hybridized carbons (Fsp3) is 0.429. The van der Waals surface area contributed by atoms with E-state index >= 15 is 0 Å². The Morgan fingerprint density at radius 3 is 2.71 bits per heavy atom. The summed E-state index contributed by atoms with van der Waals surface area (Å²) in [6.07, 6.45) is 3.85. The van der Waals surface area contributed by atoms with Crippen LogP contribution in [-0.2, 0) is 11.4 Å². The molecule has 7 heteroatoms. The highest BCUT2D eigenvalue weighted by atomic mass is 79.9. The normalized spacial score (nSPS) is 15.8. The first-order valence-electron chi connectivity index (χ1n) is 6.47. The molecule has 0 saturated carbocycles. The van der Waals surface area contributed by atoms with Crippen LogP contribution in [0.4, 0.5) is 4.39 Å². The van der Waals surface area contributed by atoms with Crippen molar-refractivity contribution in [3.63, 3.8) is 0 Å². The van der Waals surface area contributed by atoms with Crippen molar-refractivity contribution < 1.29 is 8.94 Å². The van der Waals surface area contributed by atoms with E-state index in [9.17, 15) is 8.94 Å². The van der Waals surface area contributed by atoms with Gasteiger partial charge >= 0.3 is 0 Å². The largest absolute Gasteiger partial charge is 0.591 e. The van der Waals surface area contributed by atoms with Crippen molar-refractivity contribution in [2.24, 2.45) is 4.40 Å². The Labute approximate surface area is 134 Å². The van der Waals surface area contributed by atoms with Gasteiger partial charge in [0, 0.05) is 18.0 Å². The minimum absolute atomic E-state index is 0.410. The third-order valence-electron chi connectivity index (χ3n) is 2.81. The van der Waals surface area contributed by atoms with E-state index in [1.807, 2.05) is 20.8 Å². The summed E-state index contributed by atoms with van der Waals surface area (Å²) in [5, 5.41) is 0. The molecule has 2 aromatic rings. The van der Waals surface area contributed by atoms with Gasteiger partial charge in [0.1, 0.15) is 34.2 Å². The maximum Gasteiger partial charge on any atom is 0.151 e. The quantitative estimate of drug-likeness (QED) is 0.602. The molecule has 0 aliphatic rings. The second kappa shape index (κ2) is 6.06. The summed E-state index contributed by atoms with van der Waals surface area (Å²) in [4.78, 5) is 4.38. The molecule has 0 bridgehead atoms. The van der Waals surface area contributed by atoms with Gasteiger partial charge in [-0.15, -0.1) is 0 Å². The van der Waals surface area contributed by atoms with Crippen molar-refractivity contribution >= 4 is 39.2 Å². The van der Waals surface area contributed by atoms with Gasteiger partial charge in [-0.2, -0.15) is 0 Å². The van der Waals surface area contributed by atoms with Crippen LogP contribution in [0, 0.1) is 0 Å². The first-order valence-corrected chi connectivity index (χ1v) is 8.37. The van der Waals surface area contributed by atoms with Crippen LogP contribution < -0.4 is 0 Å². The summed E-state index contributed by atoms with van der Waals surface area (Å²) >= 11 is 2.06. The number of pyridine rings is 1. The van der Waals surface area contributed by atoms with E-state index in [4.69, 9.17) is 0 Å². The molecule has 0 spiro atoms. The van der Waals surface area contributed by atoms with Crippen molar-refractivity contribution in [3.8, 4) is 0 Å². The van der Waals surface area contributed by atoms with E-state index in [0.29, 0.717) is 21.4 Å². The summed E-state index contributed by atoms with van der Waals surface area (Å²) < 4.78 is 31.4. The van der Waals surface area contributed by atoms with Gasteiger partial charge in [-0.25, -0.2) is 9.37 Å². The second-order valence-electron chi connectivity index (χ2n) is 5.73. The zero-order chi connectivity index (χ0) is 15.8. The van der Waals surface area contributed by atoms with Gasteiger partial charge in [0.25, 0.3) is 0 Å². The molecule has 2 aromatic heterocycles. The molecular formula is C14H17BrFN3OS. The lowest BCUT2D eigenvalue weighted by molar-refractivity contribution is 0.373. The minimum Gasteiger partial charge on any atom is -0.591 e. The van der Waals surface area contributed by atoms with Crippen LogP contribution in [-0.4, -0.2) is 24.9 Å². The van der Waals surface area contributed by atoms with E-state index in [1.165, 1.54) is 13.1 Å². The highest BCUT2D eigenvalue weighted by molar-refractivity contribution is 9.10. The Kier molecular flexibility index (Phi) is 4.75. The standard InChI is InChI=1S/C14H17BrFN3OS/c1-9(16)10-5-12(15)13-18-11(8-19(13)7-10)6-17-21(20)14(2,3)4/h5-9H,1-4H3/b17-6+/t9?,21-/m1/s1. The lowest BCUT2D eigenvalue weighted by Crippen LogP contribution is -2.25. The van der Waals surface area contributed by atoms with Crippen molar-refractivity contribution in [2.75, 3.05) is 0 Å². The number of fused-ring (bicyclic) bond motifs is 1. The van der Waals surface area contributed by atoms with Crippen LogP contribution in [0.2, 0.25) is 0 Å². The molecule has 2 atom stereocenters. The maximum absolute atomic E-state index is 13.4. The summed E-state index contributed by atoms with van der Waals surface area (Å²) in [5.41, 5.74) is 1.81. The summed E-state index contributed by atoms with van der Waals surface area (Å²) in [6, 6.07) is 1.71. The molecule has 0 aliphatic carbocycles. The predicted octanol–water partition coefficient (Wildman–Crippen LogP) is 4.01. The van der Waals surface area contributed by atoms with Gasteiger partial charge in [0.2, 0.25) is 0 Å². The Balaban J connectivity index is 2.35. The minimum atomic E-state index is -1.33. The summed E-state index contributed by atoms with van der Waals surface area (Å²) in [6.45, 7) is 7.06. The van der Waals surface area contributed by atoms with Crippen LogP contribution in [0.3, 0.4) is 0 Å². The molecule has 0 aromatic carbocycles. The molecule has 1 unspecified atom stereocenters. The summed E-state index contributed by atoms with van der Waals surface area (Å²) in [7, 11) is 0. The zero-order valence-corrected chi connectivity index (χ0v) is 14.7. The number of alkyl halides is 1. The number of hydrogen-bond acceptors (Lipinski definition) is 3. The average Bonchev–Trinajstić information content (AvgIpc) is 2.78. The molecule has 0 fully saturated rings. The number of aromatic nitrogens is 2. The van der Waals surface area contributed by atoms with E-state index in [1.54, 1.807) is 22.9 Å². The molecule has 0 amide bonds. The highest BCUT2D eigenvalue weighted by Gasteiger charge is 2.25. The highest BCUT2D eigenvalue weighted by Crippen LogP contribution is 2.24. The number of halogens is 2. The third kappa shape index (κ3) is 3.84. The van der Waals surface area contributed by atoms with Crippen LogP contribution in [0.15, 0.2) is 27.3 Å². The maximum atomic E-state index is 13.4. The molecule has 0 aliphatic heterocycles. The number of rotatable bonds is 3. The van der Waals surface area contributed by atoms with E-state index in [0.717, 1.165) is 0 Å². The molecule has 21 heavy (non-hydrogen) atoms. The van der Waals surface area contributed by atoms with E-state index < -0.39 is 22.3 Å². The van der Waals surface area contributed by atoms with Crippen molar-refractivity contribution in [2.45, 2.75) is 38.6 Å². The molecule has 0 radical (unpaired) electrons. The topological polar surface area (TPSA) is 52.7 Å². The fourth-order valence-electron chi connectivity index (χ4n) is 1.64. The number of hydrogen-bond donors (Lipinski definition) is 0. The number of imidazole rings is 1.